The van der Waals surface area contributed by atoms with Crippen molar-refractivity contribution in [3.8, 4) is 0 Å². The van der Waals surface area contributed by atoms with Crippen molar-refractivity contribution in [1.82, 2.24) is 4.90 Å². The highest BCUT2D eigenvalue weighted by Gasteiger charge is 2.30. The number of ether oxygens (including phenoxy) is 1. The van der Waals surface area contributed by atoms with Gasteiger partial charge in [0.2, 0.25) is 0 Å². The second-order valence-electron chi connectivity index (χ2n) is 6.82. The normalized spacial score (nSPS) is 18.7. The lowest BCUT2D eigenvalue weighted by atomic mass is 10.1. The van der Waals surface area contributed by atoms with Gasteiger partial charge in [-0.3, -0.25) is 0 Å². The summed E-state index contributed by atoms with van der Waals surface area (Å²) in [6.45, 7) is 9.31. The first-order valence-corrected chi connectivity index (χ1v) is 7.75. The van der Waals surface area contributed by atoms with Gasteiger partial charge >= 0.3 is 12.1 Å². The number of hydrogen-bond donors (Lipinski definition) is 1. The van der Waals surface area contributed by atoms with Crippen LogP contribution in [0.15, 0.2) is 24.3 Å². The largest absolute Gasteiger partial charge is 0.478 e. The summed E-state index contributed by atoms with van der Waals surface area (Å²) in [7, 11) is 0. The molecule has 0 spiro atoms. The average molecular weight is 320 g/mol. The second-order valence-corrected chi connectivity index (χ2v) is 6.82. The van der Waals surface area contributed by atoms with Crippen LogP contribution < -0.4 is 4.90 Å². The van der Waals surface area contributed by atoms with Crippen LogP contribution in [0.1, 0.15) is 38.1 Å². The Morgan fingerprint density at radius 3 is 2.52 bits per heavy atom. The van der Waals surface area contributed by atoms with Crippen LogP contribution >= 0.6 is 0 Å². The van der Waals surface area contributed by atoms with Gasteiger partial charge in [-0.25, -0.2) is 9.59 Å². The number of nitrogens with zero attached hydrogens (tertiary/aromatic N) is 2. The molecule has 0 aliphatic carbocycles. The van der Waals surface area contributed by atoms with Crippen LogP contribution in [0.2, 0.25) is 0 Å². The molecule has 0 bridgehead atoms. The van der Waals surface area contributed by atoms with E-state index in [1.54, 1.807) is 23.1 Å². The van der Waals surface area contributed by atoms with Crippen LogP contribution in [0.4, 0.5) is 10.5 Å². The molecule has 1 saturated heterocycles. The minimum Gasteiger partial charge on any atom is -0.478 e. The number of piperazine rings is 1. The molecule has 6 heteroatoms. The zero-order valence-electron chi connectivity index (χ0n) is 14.1. The predicted octanol–water partition coefficient (Wildman–Crippen LogP) is 2.83. The molecular weight excluding hydrogens is 296 g/mol. The molecule has 1 heterocycles. The number of carboxylic acid groups (broad SMARTS) is 1. The number of aromatic carboxylic acids is 1. The monoisotopic (exact) mass is 320 g/mol. The first-order chi connectivity index (χ1) is 10.7. The van der Waals surface area contributed by atoms with Gasteiger partial charge in [0, 0.05) is 31.4 Å². The lowest BCUT2D eigenvalue weighted by Gasteiger charge is -2.41. The highest BCUT2D eigenvalue weighted by atomic mass is 16.6. The van der Waals surface area contributed by atoms with Crippen molar-refractivity contribution in [3.63, 3.8) is 0 Å². The van der Waals surface area contributed by atoms with E-state index in [2.05, 4.69) is 4.90 Å². The Hall–Kier alpha value is -2.24. The minimum absolute atomic E-state index is 0.0836. The number of anilines is 1. The lowest BCUT2D eigenvalue weighted by molar-refractivity contribution is 0.0218. The standard InChI is InChI=1S/C17H24N2O4/c1-12-11-18(16(22)23-17(2,3)4)8-9-19(12)14-7-5-6-13(10-14)15(20)21/h5-7,10,12H,8-9,11H2,1-4H3,(H,20,21)/t12-/m0/s1. The topological polar surface area (TPSA) is 70.1 Å². The SMILES string of the molecule is C[C@H]1CN(C(=O)OC(C)(C)C)CCN1c1cccc(C(=O)O)c1. The number of benzene rings is 1. The first kappa shape index (κ1) is 17.1. The van der Waals surface area contributed by atoms with E-state index in [1.807, 2.05) is 33.8 Å². The van der Waals surface area contributed by atoms with Gasteiger partial charge in [-0.15, -0.1) is 0 Å². The molecule has 1 aliphatic rings. The Morgan fingerprint density at radius 1 is 1.26 bits per heavy atom. The molecule has 1 aliphatic heterocycles. The Bertz CT molecular complexity index is 595. The summed E-state index contributed by atoms with van der Waals surface area (Å²) in [4.78, 5) is 27.1. The average Bonchev–Trinajstić information content (AvgIpc) is 2.45. The molecular formula is C17H24N2O4. The van der Waals surface area contributed by atoms with E-state index in [0.29, 0.717) is 19.6 Å². The number of carbonyl (C=O) groups excluding carboxylic acids is 1. The number of carboxylic acids is 1. The summed E-state index contributed by atoms with van der Waals surface area (Å²) in [6.07, 6.45) is -0.303. The van der Waals surface area contributed by atoms with E-state index in [-0.39, 0.29) is 17.7 Å². The summed E-state index contributed by atoms with van der Waals surface area (Å²) >= 11 is 0. The fourth-order valence-corrected chi connectivity index (χ4v) is 2.65. The summed E-state index contributed by atoms with van der Waals surface area (Å²) in [5.74, 6) is -0.938. The van der Waals surface area contributed by atoms with Crippen molar-refractivity contribution in [1.29, 1.82) is 0 Å². The van der Waals surface area contributed by atoms with Crippen LogP contribution in [-0.2, 0) is 4.74 Å². The van der Waals surface area contributed by atoms with E-state index in [0.717, 1.165) is 5.69 Å². The fourth-order valence-electron chi connectivity index (χ4n) is 2.65. The molecule has 0 radical (unpaired) electrons. The maximum absolute atomic E-state index is 12.2. The van der Waals surface area contributed by atoms with E-state index < -0.39 is 11.6 Å². The third-order valence-electron chi connectivity index (χ3n) is 3.70. The molecule has 0 aromatic heterocycles. The Labute approximate surface area is 136 Å². The van der Waals surface area contributed by atoms with Crippen molar-refractivity contribution in [2.75, 3.05) is 24.5 Å². The summed E-state index contributed by atoms with van der Waals surface area (Å²) < 4.78 is 5.41. The summed E-state index contributed by atoms with van der Waals surface area (Å²) in [5.41, 5.74) is 0.623. The lowest BCUT2D eigenvalue weighted by Crippen LogP contribution is -2.54. The van der Waals surface area contributed by atoms with Crippen LogP contribution in [-0.4, -0.2) is 53.3 Å². The first-order valence-electron chi connectivity index (χ1n) is 7.75. The van der Waals surface area contributed by atoms with Crippen molar-refractivity contribution in [2.24, 2.45) is 0 Å². The van der Waals surface area contributed by atoms with Gasteiger partial charge < -0.3 is 19.6 Å². The molecule has 1 N–H and O–H groups in total. The third kappa shape index (κ3) is 4.37. The molecule has 126 valence electrons. The van der Waals surface area contributed by atoms with E-state index in [4.69, 9.17) is 9.84 Å². The Kier molecular flexibility index (Phi) is 4.82. The van der Waals surface area contributed by atoms with Gasteiger partial charge in [0.05, 0.1) is 5.56 Å². The number of hydrogen-bond acceptors (Lipinski definition) is 4. The zero-order chi connectivity index (χ0) is 17.2. The van der Waals surface area contributed by atoms with Gasteiger partial charge in [-0.1, -0.05) is 6.07 Å². The molecule has 1 atom stereocenters. The molecule has 6 nitrogen and oxygen atoms in total. The predicted molar refractivity (Wildman–Crippen MR) is 88.0 cm³/mol. The number of rotatable bonds is 2. The third-order valence-corrected chi connectivity index (χ3v) is 3.70. The molecule has 23 heavy (non-hydrogen) atoms. The summed E-state index contributed by atoms with van der Waals surface area (Å²) in [5, 5.41) is 9.11. The van der Waals surface area contributed by atoms with Crippen molar-refractivity contribution in [3.05, 3.63) is 29.8 Å². The Balaban J connectivity index is 2.06. The van der Waals surface area contributed by atoms with Crippen molar-refractivity contribution in [2.45, 2.75) is 39.3 Å². The fraction of sp³-hybridized carbons (Fsp3) is 0.529. The minimum atomic E-state index is -0.938. The van der Waals surface area contributed by atoms with Crippen LogP contribution in [0, 0.1) is 0 Å². The second kappa shape index (κ2) is 6.48. The van der Waals surface area contributed by atoms with Gasteiger partial charge in [-0.2, -0.15) is 0 Å². The van der Waals surface area contributed by atoms with Crippen molar-refractivity contribution >= 4 is 17.7 Å². The van der Waals surface area contributed by atoms with Crippen LogP contribution in [0.5, 0.6) is 0 Å². The molecule has 0 saturated carbocycles. The number of amides is 1. The maximum atomic E-state index is 12.2. The molecule has 1 amide bonds. The maximum Gasteiger partial charge on any atom is 0.410 e. The molecule has 0 unspecified atom stereocenters. The smallest absolute Gasteiger partial charge is 0.410 e. The highest BCUT2D eigenvalue weighted by molar-refractivity contribution is 5.88. The molecule has 1 fully saturated rings. The van der Waals surface area contributed by atoms with Gasteiger partial charge in [-0.05, 0) is 45.9 Å². The van der Waals surface area contributed by atoms with Gasteiger partial charge in [0.15, 0.2) is 0 Å². The van der Waals surface area contributed by atoms with Gasteiger partial charge in [0.1, 0.15) is 5.60 Å². The molecule has 1 aromatic carbocycles. The zero-order valence-corrected chi connectivity index (χ0v) is 14.1. The Morgan fingerprint density at radius 2 is 1.96 bits per heavy atom. The summed E-state index contributed by atoms with van der Waals surface area (Å²) in [6, 6.07) is 6.97. The van der Waals surface area contributed by atoms with Gasteiger partial charge in [0.25, 0.3) is 0 Å². The van der Waals surface area contributed by atoms with Crippen molar-refractivity contribution < 1.29 is 19.4 Å². The van der Waals surface area contributed by atoms with Crippen LogP contribution in [0.3, 0.4) is 0 Å². The van der Waals surface area contributed by atoms with E-state index in [1.165, 1.54) is 0 Å². The van der Waals surface area contributed by atoms with E-state index in [9.17, 15) is 9.59 Å². The quantitative estimate of drug-likeness (QED) is 0.907. The molecule has 2 rings (SSSR count). The highest BCUT2D eigenvalue weighted by Crippen LogP contribution is 2.23. The molecule has 1 aromatic rings. The van der Waals surface area contributed by atoms with Crippen LogP contribution in [0.25, 0.3) is 0 Å². The van der Waals surface area contributed by atoms with E-state index >= 15 is 0 Å². The number of carbonyl (C=O) groups is 2.